The lowest BCUT2D eigenvalue weighted by atomic mass is 10.0. The molecule has 2 aromatic carbocycles. The summed E-state index contributed by atoms with van der Waals surface area (Å²) in [5.74, 6) is 0.868. The van der Waals surface area contributed by atoms with Gasteiger partial charge in [-0.25, -0.2) is 0 Å². The van der Waals surface area contributed by atoms with Crippen LogP contribution < -0.4 is 4.74 Å². The first kappa shape index (κ1) is 15.0. The lowest BCUT2D eigenvalue weighted by Gasteiger charge is -2.34. The highest BCUT2D eigenvalue weighted by Crippen LogP contribution is 2.28. The van der Waals surface area contributed by atoms with E-state index in [2.05, 4.69) is 0 Å². The molecule has 0 bridgehead atoms. The van der Waals surface area contributed by atoms with Crippen LogP contribution in [0.5, 0.6) is 5.75 Å². The fraction of sp³-hybridized carbons (Fsp3) is 0.250. The molecule has 0 spiro atoms. The van der Waals surface area contributed by atoms with Gasteiger partial charge in [-0.1, -0.05) is 48.5 Å². The number of benzene rings is 2. The second kappa shape index (κ2) is 6.49. The standard InChI is InChI=1S/C20H19NO3/c22-20(17-12-16-8-4-5-9-18(16)24-14-17)21-10-11-23-19(13-21)15-6-2-1-3-7-15/h1-9,12,19H,10-11,13-14H2. The number of hydrogen-bond donors (Lipinski definition) is 0. The minimum Gasteiger partial charge on any atom is -0.488 e. The van der Waals surface area contributed by atoms with Crippen molar-refractivity contribution in [2.24, 2.45) is 0 Å². The molecule has 0 aromatic heterocycles. The maximum absolute atomic E-state index is 12.9. The number of rotatable bonds is 2. The smallest absolute Gasteiger partial charge is 0.253 e. The minimum absolute atomic E-state index is 0.0359. The van der Waals surface area contributed by atoms with Crippen molar-refractivity contribution in [3.05, 3.63) is 71.3 Å². The second-order valence-corrected chi connectivity index (χ2v) is 6.02. The molecule has 2 aromatic rings. The summed E-state index contributed by atoms with van der Waals surface area (Å²) in [6.45, 7) is 2.06. The quantitative estimate of drug-likeness (QED) is 0.853. The third-order valence-electron chi connectivity index (χ3n) is 4.43. The van der Waals surface area contributed by atoms with E-state index in [-0.39, 0.29) is 12.0 Å². The van der Waals surface area contributed by atoms with Gasteiger partial charge in [0.05, 0.1) is 18.7 Å². The molecule has 0 aliphatic carbocycles. The monoisotopic (exact) mass is 321 g/mol. The molecule has 1 atom stereocenters. The van der Waals surface area contributed by atoms with Crippen molar-refractivity contribution in [1.82, 2.24) is 4.90 Å². The number of hydrogen-bond acceptors (Lipinski definition) is 3. The number of carbonyl (C=O) groups excluding carboxylic acids is 1. The van der Waals surface area contributed by atoms with Gasteiger partial charge >= 0.3 is 0 Å². The first-order valence-corrected chi connectivity index (χ1v) is 8.19. The fourth-order valence-corrected chi connectivity index (χ4v) is 3.15. The van der Waals surface area contributed by atoms with Crippen LogP contribution in [0.2, 0.25) is 0 Å². The SMILES string of the molecule is O=C(C1=Cc2ccccc2OC1)N1CCOC(c2ccccc2)C1. The Bertz CT molecular complexity index is 769. The first-order chi connectivity index (χ1) is 11.8. The van der Waals surface area contributed by atoms with Gasteiger partial charge in [0, 0.05) is 12.1 Å². The summed E-state index contributed by atoms with van der Waals surface area (Å²) in [6.07, 6.45) is 1.87. The lowest BCUT2D eigenvalue weighted by Crippen LogP contribution is -2.43. The van der Waals surface area contributed by atoms with Crippen LogP contribution in [0.15, 0.2) is 60.2 Å². The summed E-state index contributed by atoms with van der Waals surface area (Å²) in [5, 5.41) is 0. The van der Waals surface area contributed by atoms with Gasteiger partial charge in [0.25, 0.3) is 5.91 Å². The summed E-state index contributed by atoms with van der Waals surface area (Å²) in [5.41, 5.74) is 2.76. The maximum atomic E-state index is 12.9. The van der Waals surface area contributed by atoms with E-state index in [9.17, 15) is 4.79 Å². The molecular formula is C20H19NO3. The number of amides is 1. The van der Waals surface area contributed by atoms with Gasteiger partial charge in [0.1, 0.15) is 18.5 Å². The van der Waals surface area contributed by atoms with Gasteiger partial charge in [0.2, 0.25) is 0 Å². The van der Waals surface area contributed by atoms with E-state index >= 15 is 0 Å². The molecule has 2 aliphatic heterocycles. The molecule has 4 heteroatoms. The highest BCUT2D eigenvalue weighted by Gasteiger charge is 2.28. The van der Waals surface area contributed by atoms with Gasteiger partial charge < -0.3 is 14.4 Å². The van der Waals surface area contributed by atoms with Crippen molar-refractivity contribution < 1.29 is 14.3 Å². The molecule has 4 nitrogen and oxygen atoms in total. The third kappa shape index (κ3) is 2.93. The summed E-state index contributed by atoms with van der Waals surface area (Å²) < 4.78 is 11.6. The van der Waals surface area contributed by atoms with Crippen LogP contribution >= 0.6 is 0 Å². The minimum atomic E-state index is -0.0682. The molecule has 1 amide bonds. The van der Waals surface area contributed by atoms with Crippen LogP contribution in [0.1, 0.15) is 17.2 Å². The van der Waals surface area contributed by atoms with Gasteiger partial charge in [-0.05, 0) is 17.7 Å². The molecular weight excluding hydrogens is 302 g/mol. The number of ether oxygens (including phenoxy) is 2. The Morgan fingerprint density at radius 2 is 1.83 bits per heavy atom. The number of fused-ring (bicyclic) bond motifs is 1. The average molecular weight is 321 g/mol. The Balaban J connectivity index is 1.52. The Kier molecular flexibility index (Phi) is 4.05. The van der Waals surface area contributed by atoms with Crippen LogP contribution in [0.4, 0.5) is 0 Å². The molecule has 1 unspecified atom stereocenters. The predicted octanol–water partition coefficient (Wildman–Crippen LogP) is 3.06. The van der Waals surface area contributed by atoms with E-state index in [1.165, 1.54) is 0 Å². The summed E-state index contributed by atoms with van der Waals surface area (Å²) in [7, 11) is 0. The van der Waals surface area contributed by atoms with Gasteiger partial charge in [0.15, 0.2) is 0 Å². The number of morpholine rings is 1. The van der Waals surface area contributed by atoms with Crippen molar-refractivity contribution >= 4 is 12.0 Å². The molecule has 0 saturated carbocycles. The zero-order valence-electron chi connectivity index (χ0n) is 13.4. The summed E-state index contributed by atoms with van der Waals surface area (Å²) in [4.78, 5) is 14.7. The van der Waals surface area contributed by atoms with Crippen LogP contribution in [-0.2, 0) is 9.53 Å². The highest BCUT2D eigenvalue weighted by atomic mass is 16.5. The van der Waals surface area contributed by atoms with Crippen molar-refractivity contribution in [1.29, 1.82) is 0 Å². The predicted molar refractivity (Wildman–Crippen MR) is 91.6 cm³/mol. The largest absolute Gasteiger partial charge is 0.488 e. The van der Waals surface area contributed by atoms with E-state index in [1.54, 1.807) is 0 Å². The molecule has 122 valence electrons. The number of para-hydroxylation sites is 1. The van der Waals surface area contributed by atoms with E-state index in [1.807, 2.05) is 65.6 Å². The molecule has 4 rings (SSSR count). The zero-order valence-corrected chi connectivity index (χ0v) is 13.4. The normalized spacial score (nSPS) is 19.9. The lowest BCUT2D eigenvalue weighted by molar-refractivity contribution is -0.135. The number of carbonyl (C=O) groups is 1. The van der Waals surface area contributed by atoms with Crippen LogP contribution in [0.3, 0.4) is 0 Å². The van der Waals surface area contributed by atoms with Gasteiger partial charge in [-0.2, -0.15) is 0 Å². The molecule has 0 radical (unpaired) electrons. The van der Waals surface area contributed by atoms with Crippen molar-refractivity contribution in [2.75, 3.05) is 26.3 Å². The Hall–Kier alpha value is -2.59. The van der Waals surface area contributed by atoms with E-state index in [0.717, 1.165) is 16.9 Å². The second-order valence-electron chi connectivity index (χ2n) is 6.02. The topological polar surface area (TPSA) is 38.8 Å². The van der Waals surface area contributed by atoms with E-state index in [4.69, 9.17) is 9.47 Å². The molecule has 24 heavy (non-hydrogen) atoms. The maximum Gasteiger partial charge on any atom is 0.253 e. The van der Waals surface area contributed by atoms with Crippen LogP contribution in [-0.4, -0.2) is 37.1 Å². The van der Waals surface area contributed by atoms with Crippen molar-refractivity contribution in [3.63, 3.8) is 0 Å². The Morgan fingerprint density at radius 1 is 1.04 bits per heavy atom. The van der Waals surface area contributed by atoms with Crippen molar-refractivity contribution in [2.45, 2.75) is 6.10 Å². The van der Waals surface area contributed by atoms with Gasteiger partial charge in [-0.3, -0.25) is 4.79 Å². The Morgan fingerprint density at radius 3 is 2.71 bits per heavy atom. The highest BCUT2D eigenvalue weighted by molar-refractivity contribution is 5.99. The fourth-order valence-electron chi connectivity index (χ4n) is 3.15. The molecule has 2 heterocycles. The van der Waals surface area contributed by atoms with Crippen LogP contribution in [0.25, 0.3) is 6.08 Å². The van der Waals surface area contributed by atoms with Crippen LogP contribution in [0, 0.1) is 0 Å². The number of nitrogens with zero attached hydrogens (tertiary/aromatic N) is 1. The zero-order chi connectivity index (χ0) is 16.4. The van der Waals surface area contributed by atoms with E-state index < -0.39 is 0 Å². The molecule has 0 N–H and O–H groups in total. The van der Waals surface area contributed by atoms with Crippen molar-refractivity contribution in [3.8, 4) is 5.75 Å². The molecule has 1 fully saturated rings. The van der Waals surface area contributed by atoms with E-state index in [0.29, 0.717) is 31.9 Å². The molecule has 1 saturated heterocycles. The first-order valence-electron chi connectivity index (χ1n) is 8.19. The summed E-state index contributed by atoms with van der Waals surface area (Å²) >= 11 is 0. The Labute approximate surface area is 141 Å². The summed E-state index contributed by atoms with van der Waals surface area (Å²) in [6, 6.07) is 17.8. The molecule has 2 aliphatic rings. The third-order valence-corrected chi connectivity index (χ3v) is 4.43. The van der Waals surface area contributed by atoms with Gasteiger partial charge in [-0.15, -0.1) is 0 Å². The average Bonchev–Trinajstić information content (AvgIpc) is 2.68.